The van der Waals surface area contributed by atoms with Gasteiger partial charge in [-0.3, -0.25) is 4.79 Å². The first-order valence-electron chi connectivity index (χ1n) is 7.98. The van der Waals surface area contributed by atoms with Crippen molar-refractivity contribution in [3.05, 3.63) is 39.8 Å². The summed E-state index contributed by atoms with van der Waals surface area (Å²) >= 11 is 0. The third-order valence-electron chi connectivity index (χ3n) is 4.47. The molecule has 3 rings (SSSR count). The first-order chi connectivity index (χ1) is 11.1. The third-order valence-corrected chi connectivity index (χ3v) is 4.47. The van der Waals surface area contributed by atoms with Crippen LogP contribution in [-0.2, 0) is 13.6 Å². The number of piperidine rings is 1. The Labute approximate surface area is 135 Å². The van der Waals surface area contributed by atoms with Gasteiger partial charge in [0, 0.05) is 50.7 Å². The van der Waals surface area contributed by atoms with Crippen LogP contribution in [0.1, 0.15) is 29.9 Å². The van der Waals surface area contributed by atoms with E-state index in [-0.39, 0.29) is 5.56 Å². The molecule has 0 aliphatic carbocycles. The Hall–Kier alpha value is -2.15. The number of aromatic nitrogens is 3. The standard InChI is InChI=1S/C16H23N5O2/c1-11-14(12(2)23-19-11)9-18-13-5-4-7-21(10-13)15-16(22)20(3)8-6-17-15/h6,8,13,18H,4-5,7,9-10H2,1-3H3/t13-/m1/s1. The molecule has 7 nitrogen and oxygen atoms in total. The highest BCUT2D eigenvalue weighted by atomic mass is 16.5. The summed E-state index contributed by atoms with van der Waals surface area (Å²) in [5.74, 6) is 1.40. The van der Waals surface area contributed by atoms with E-state index in [0.29, 0.717) is 11.9 Å². The molecule has 1 fully saturated rings. The molecule has 1 saturated heterocycles. The summed E-state index contributed by atoms with van der Waals surface area (Å²) in [6.45, 7) is 6.28. The van der Waals surface area contributed by atoms with E-state index in [1.54, 1.807) is 24.0 Å². The second kappa shape index (κ2) is 6.54. The fourth-order valence-electron chi connectivity index (χ4n) is 3.04. The minimum absolute atomic E-state index is 0.0427. The predicted octanol–water partition coefficient (Wildman–Crippen LogP) is 1.14. The molecular weight excluding hydrogens is 294 g/mol. The van der Waals surface area contributed by atoms with Gasteiger partial charge in [0.25, 0.3) is 5.56 Å². The van der Waals surface area contributed by atoms with Crippen molar-refractivity contribution in [1.29, 1.82) is 0 Å². The Morgan fingerprint density at radius 1 is 1.43 bits per heavy atom. The van der Waals surface area contributed by atoms with Gasteiger partial charge in [-0.1, -0.05) is 5.16 Å². The topological polar surface area (TPSA) is 76.2 Å². The van der Waals surface area contributed by atoms with E-state index in [1.807, 2.05) is 13.8 Å². The van der Waals surface area contributed by atoms with Crippen molar-refractivity contribution in [3.8, 4) is 0 Å². The van der Waals surface area contributed by atoms with E-state index < -0.39 is 0 Å². The van der Waals surface area contributed by atoms with Crippen molar-refractivity contribution < 1.29 is 4.52 Å². The lowest BCUT2D eigenvalue weighted by Gasteiger charge is -2.33. The maximum absolute atomic E-state index is 12.2. The van der Waals surface area contributed by atoms with Gasteiger partial charge in [-0.15, -0.1) is 0 Å². The highest BCUT2D eigenvalue weighted by molar-refractivity contribution is 5.36. The summed E-state index contributed by atoms with van der Waals surface area (Å²) in [4.78, 5) is 18.6. The predicted molar refractivity (Wildman–Crippen MR) is 87.5 cm³/mol. The number of hydrogen-bond acceptors (Lipinski definition) is 6. The molecule has 0 bridgehead atoms. The maximum Gasteiger partial charge on any atom is 0.293 e. The molecule has 124 valence electrons. The molecule has 0 amide bonds. The smallest absolute Gasteiger partial charge is 0.293 e. The molecule has 2 aromatic heterocycles. The number of hydrogen-bond donors (Lipinski definition) is 1. The van der Waals surface area contributed by atoms with Gasteiger partial charge >= 0.3 is 0 Å². The van der Waals surface area contributed by atoms with Gasteiger partial charge in [0.1, 0.15) is 5.76 Å². The van der Waals surface area contributed by atoms with Crippen LogP contribution in [0.3, 0.4) is 0 Å². The average Bonchev–Trinajstić information content (AvgIpc) is 2.87. The Kier molecular flexibility index (Phi) is 4.47. The van der Waals surface area contributed by atoms with Crippen LogP contribution in [0.25, 0.3) is 0 Å². The lowest BCUT2D eigenvalue weighted by atomic mass is 10.0. The SMILES string of the molecule is Cc1noc(C)c1CN[C@@H]1CCCN(c2nccn(C)c2=O)C1. The fraction of sp³-hybridized carbons (Fsp3) is 0.562. The zero-order valence-electron chi connectivity index (χ0n) is 13.9. The zero-order chi connectivity index (χ0) is 16.4. The van der Waals surface area contributed by atoms with Crippen molar-refractivity contribution in [3.63, 3.8) is 0 Å². The molecular formula is C16H23N5O2. The molecule has 2 aromatic rings. The first-order valence-corrected chi connectivity index (χ1v) is 7.98. The highest BCUT2D eigenvalue weighted by Crippen LogP contribution is 2.16. The van der Waals surface area contributed by atoms with Crippen LogP contribution in [0, 0.1) is 13.8 Å². The Morgan fingerprint density at radius 3 is 3.00 bits per heavy atom. The molecule has 3 heterocycles. The fourth-order valence-corrected chi connectivity index (χ4v) is 3.04. The van der Waals surface area contributed by atoms with Crippen molar-refractivity contribution in [2.75, 3.05) is 18.0 Å². The van der Waals surface area contributed by atoms with Gasteiger partial charge < -0.3 is 19.3 Å². The van der Waals surface area contributed by atoms with Crippen molar-refractivity contribution in [2.24, 2.45) is 7.05 Å². The minimum Gasteiger partial charge on any atom is -0.361 e. The molecule has 23 heavy (non-hydrogen) atoms. The summed E-state index contributed by atoms with van der Waals surface area (Å²) in [6, 6.07) is 0.323. The van der Waals surface area contributed by atoms with Gasteiger partial charge in [0.15, 0.2) is 5.82 Å². The number of aryl methyl sites for hydroxylation is 3. The molecule has 0 unspecified atom stereocenters. The van der Waals surface area contributed by atoms with Crippen LogP contribution in [0.15, 0.2) is 21.7 Å². The van der Waals surface area contributed by atoms with Crippen LogP contribution in [0.5, 0.6) is 0 Å². The van der Waals surface area contributed by atoms with Crippen molar-refractivity contribution >= 4 is 5.82 Å². The van der Waals surface area contributed by atoms with Gasteiger partial charge in [-0.2, -0.15) is 0 Å². The summed E-state index contributed by atoms with van der Waals surface area (Å²) in [7, 11) is 1.75. The average molecular weight is 317 g/mol. The van der Waals surface area contributed by atoms with E-state index in [1.165, 1.54) is 0 Å². The summed E-state index contributed by atoms with van der Waals surface area (Å²) in [6.07, 6.45) is 5.49. The summed E-state index contributed by atoms with van der Waals surface area (Å²) in [5.41, 5.74) is 2.01. The number of rotatable bonds is 4. The second-order valence-corrected chi connectivity index (χ2v) is 6.14. The minimum atomic E-state index is -0.0427. The summed E-state index contributed by atoms with van der Waals surface area (Å²) in [5, 5.41) is 7.55. The van der Waals surface area contributed by atoms with Crippen LogP contribution in [0.2, 0.25) is 0 Å². The number of anilines is 1. The molecule has 1 atom stereocenters. The molecule has 7 heteroatoms. The van der Waals surface area contributed by atoms with Crippen LogP contribution in [0.4, 0.5) is 5.82 Å². The highest BCUT2D eigenvalue weighted by Gasteiger charge is 2.23. The van der Waals surface area contributed by atoms with Crippen LogP contribution in [-0.4, -0.2) is 33.8 Å². The molecule has 1 aliphatic rings. The van der Waals surface area contributed by atoms with Crippen LogP contribution < -0.4 is 15.8 Å². The van der Waals surface area contributed by atoms with Crippen molar-refractivity contribution in [1.82, 2.24) is 20.0 Å². The van der Waals surface area contributed by atoms with Crippen LogP contribution >= 0.6 is 0 Å². The quantitative estimate of drug-likeness (QED) is 0.911. The normalized spacial score (nSPS) is 18.4. The van der Waals surface area contributed by atoms with E-state index in [2.05, 4.69) is 20.4 Å². The molecule has 1 aliphatic heterocycles. The first kappa shape index (κ1) is 15.7. The second-order valence-electron chi connectivity index (χ2n) is 6.14. The van der Waals surface area contributed by atoms with Gasteiger partial charge in [0.2, 0.25) is 0 Å². The Balaban J connectivity index is 1.67. The van der Waals surface area contributed by atoms with E-state index in [4.69, 9.17) is 4.52 Å². The van der Waals surface area contributed by atoms with E-state index in [9.17, 15) is 4.79 Å². The molecule has 1 N–H and O–H groups in total. The molecule has 0 radical (unpaired) electrons. The third kappa shape index (κ3) is 3.29. The Morgan fingerprint density at radius 2 is 2.26 bits per heavy atom. The molecule has 0 aromatic carbocycles. The van der Waals surface area contributed by atoms with E-state index >= 15 is 0 Å². The van der Waals surface area contributed by atoms with Gasteiger partial charge in [0.05, 0.1) is 5.69 Å². The lowest BCUT2D eigenvalue weighted by Crippen LogP contribution is -2.47. The monoisotopic (exact) mass is 317 g/mol. The molecule has 0 spiro atoms. The zero-order valence-corrected chi connectivity index (χ0v) is 13.9. The lowest BCUT2D eigenvalue weighted by molar-refractivity contribution is 0.389. The Bertz CT molecular complexity index is 717. The number of nitrogens with zero attached hydrogens (tertiary/aromatic N) is 4. The van der Waals surface area contributed by atoms with Crippen molar-refractivity contribution in [2.45, 2.75) is 39.3 Å². The summed E-state index contributed by atoms with van der Waals surface area (Å²) < 4.78 is 6.77. The van der Waals surface area contributed by atoms with E-state index in [0.717, 1.165) is 49.5 Å². The maximum atomic E-state index is 12.2. The number of nitrogens with one attached hydrogen (secondary N) is 1. The van der Waals surface area contributed by atoms with Gasteiger partial charge in [-0.05, 0) is 26.7 Å². The largest absolute Gasteiger partial charge is 0.361 e. The molecule has 0 saturated carbocycles. The van der Waals surface area contributed by atoms with Gasteiger partial charge in [-0.25, -0.2) is 4.98 Å².